The number of fused-ring (bicyclic) bond motifs is 1. The monoisotopic (exact) mass is 892 g/mol. The van der Waals surface area contributed by atoms with Crippen LogP contribution >= 0.6 is 0 Å². The first kappa shape index (κ1) is 45.8. The van der Waals surface area contributed by atoms with Gasteiger partial charge in [-0.1, -0.05) is 0 Å². The lowest BCUT2D eigenvalue weighted by Gasteiger charge is -2.40. The molecule has 0 aromatic heterocycles. The lowest BCUT2D eigenvalue weighted by molar-refractivity contribution is -0.277. The molecule has 4 heterocycles. The van der Waals surface area contributed by atoms with Gasteiger partial charge in [0.1, 0.15) is 97.1 Å². The predicted molar refractivity (Wildman–Crippen MR) is 203 cm³/mol. The van der Waals surface area contributed by atoms with Crippen molar-refractivity contribution >= 4 is 5.97 Å². The number of esters is 1. The lowest BCUT2D eigenvalue weighted by atomic mass is 9.99. The van der Waals surface area contributed by atoms with Crippen LogP contribution in [0.1, 0.15) is 10.4 Å². The zero-order valence-electron chi connectivity index (χ0n) is 32.5. The summed E-state index contributed by atoms with van der Waals surface area (Å²) in [6.07, 6.45) is -25.1. The molecule has 2 aromatic rings. The summed E-state index contributed by atoms with van der Waals surface area (Å²) in [4.78, 5) is 26.4. The average Bonchev–Trinajstić information content (AvgIpc) is 3.27. The fraction of sp³-hybridized carbons (Fsp3) is 0.450. The van der Waals surface area contributed by atoms with E-state index in [-0.39, 0.29) is 45.5 Å². The van der Waals surface area contributed by atoms with E-state index in [1.807, 2.05) is 0 Å². The third kappa shape index (κ3) is 9.38. The Balaban J connectivity index is 1.06. The number of carbonyl (C=O) groups is 1. The van der Waals surface area contributed by atoms with Crippen LogP contribution < -0.4 is 19.6 Å². The highest BCUT2D eigenvalue weighted by Gasteiger charge is 2.48. The fourth-order valence-electron chi connectivity index (χ4n) is 6.97. The van der Waals surface area contributed by atoms with Crippen molar-refractivity contribution in [3.63, 3.8) is 0 Å². The molecule has 13 N–H and O–H groups in total. The van der Waals surface area contributed by atoms with Crippen molar-refractivity contribution in [1.82, 2.24) is 0 Å². The van der Waals surface area contributed by atoms with E-state index < -0.39 is 135 Å². The first-order valence-electron chi connectivity index (χ1n) is 19.2. The van der Waals surface area contributed by atoms with Gasteiger partial charge in [-0.25, -0.2) is 4.79 Å². The summed E-state index contributed by atoms with van der Waals surface area (Å²) >= 11 is 0. The third-order valence-electron chi connectivity index (χ3n) is 10.6. The van der Waals surface area contributed by atoms with E-state index in [1.165, 1.54) is 36.4 Å². The molecule has 0 bridgehead atoms. The molecule has 7 rings (SSSR count). The summed E-state index contributed by atoms with van der Waals surface area (Å²) in [6.45, 7) is -2.13. The van der Waals surface area contributed by atoms with Gasteiger partial charge in [-0.3, -0.25) is 4.79 Å². The number of rotatable bonds is 12. The van der Waals surface area contributed by atoms with Gasteiger partial charge in [-0.2, -0.15) is 0 Å². The lowest BCUT2D eigenvalue weighted by Crippen LogP contribution is -2.60. The minimum Gasteiger partial charge on any atom is -0.504 e. The Kier molecular flexibility index (Phi) is 13.7. The molecule has 3 saturated heterocycles. The van der Waals surface area contributed by atoms with Crippen LogP contribution in [0.25, 0.3) is 22.6 Å². The number of phenolic OH excluding ortho intramolecular Hbond substituents is 2. The molecule has 342 valence electrons. The first-order valence-corrected chi connectivity index (χ1v) is 19.2. The zero-order chi connectivity index (χ0) is 45.4. The van der Waals surface area contributed by atoms with Gasteiger partial charge in [-0.15, -0.1) is 0 Å². The van der Waals surface area contributed by atoms with Crippen LogP contribution in [0.15, 0.2) is 69.9 Å². The van der Waals surface area contributed by atoms with E-state index >= 15 is 0 Å². The van der Waals surface area contributed by atoms with Crippen molar-refractivity contribution in [3.05, 3.63) is 76.5 Å². The molecule has 0 radical (unpaired) electrons. The Bertz CT molecular complexity index is 2230. The van der Waals surface area contributed by atoms with Crippen molar-refractivity contribution in [2.45, 2.75) is 92.1 Å². The molecule has 0 spiro atoms. The maximum absolute atomic E-state index is 13.5. The van der Waals surface area contributed by atoms with Gasteiger partial charge >= 0.3 is 5.97 Å². The molecule has 63 heavy (non-hydrogen) atoms. The molecule has 0 saturated carbocycles. The summed E-state index contributed by atoms with van der Waals surface area (Å²) < 4.78 is 44.8. The second kappa shape index (κ2) is 18.9. The summed E-state index contributed by atoms with van der Waals surface area (Å²) in [5.41, 5.74) is -0.955. The van der Waals surface area contributed by atoms with Gasteiger partial charge < -0.3 is 104 Å². The minimum atomic E-state index is -1.92. The van der Waals surface area contributed by atoms with Crippen LogP contribution in [0, 0.1) is 0 Å². The first-order chi connectivity index (χ1) is 30.0. The molecule has 5 aliphatic rings. The van der Waals surface area contributed by atoms with Crippen LogP contribution in [0.2, 0.25) is 0 Å². The molecule has 3 fully saturated rings. The number of aliphatic hydroxyl groups is 11. The number of aliphatic hydroxyl groups excluding tert-OH is 11. The number of phenols is 2. The largest absolute Gasteiger partial charge is 0.504 e. The van der Waals surface area contributed by atoms with E-state index in [0.29, 0.717) is 0 Å². The van der Waals surface area contributed by atoms with Crippen molar-refractivity contribution in [2.24, 2.45) is 0 Å². The molecular weight excluding hydrogens is 848 g/mol. The van der Waals surface area contributed by atoms with Crippen LogP contribution in [0.5, 0.6) is 28.7 Å². The molecule has 0 amide bonds. The van der Waals surface area contributed by atoms with Crippen molar-refractivity contribution in [3.8, 4) is 51.4 Å². The van der Waals surface area contributed by atoms with Gasteiger partial charge in [0, 0.05) is 17.7 Å². The molecule has 0 unspecified atom stereocenters. The molecule has 2 aromatic carbocycles. The van der Waals surface area contributed by atoms with Gasteiger partial charge in [0.05, 0.1) is 24.3 Å². The highest BCUT2D eigenvalue weighted by molar-refractivity contribution is 5.89. The van der Waals surface area contributed by atoms with Gasteiger partial charge in [0.2, 0.25) is 18.9 Å². The number of ether oxygens (including phenoxy) is 7. The third-order valence-corrected chi connectivity index (χ3v) is 10.6. The number of hydrogen-bond donors (Lipinski definition) is 13. The van der Waals surface area contributed by atoms with Gasteiger partial charge in [0.15, 0.2) is 28.4 Å². The smallest absolute Gasteiger partial charge is 0.338 e. The Hall–Kier alpha value is -5.22. The van der Waals surface area contributed by atoms with Gasteiger partial charge in [0.25, 0.3) is 0 Å². The normalized spacial score (nSPS) is 33.4. The summed E-state index contributed by atoms with van der Waals surface area (Å²) in [5.74, 6) is -3.03. The second-order valence-corrected chi connectivity index (χ2v) is 14.9. The zero-order valence-corrected chi connectivity index (χ0v) is 32.5. The van der Waals surface area contributed by atoms with Crippen LogP contribution in [-0.4, -0.2) is 184 Å². The molecule has 23 heteroatoms. The number of benzene rings is 3. The summed E-state index contributed by atoms with van der Waals surface area (Å²) in [6, 6.07) is 11.8. The highest BCUT2D eigenvalue weighted by Crippen LogP contribution is 2.41. The van der Waals surface area contributed by atoms with Crippen molar-refractivity contribution in [2.75, 3.05) is 19.8 Å². The number of hydrogen-bond acceptors (Lipinski definition) is 23. The number of carbonyl (C=O) groups excluding carboxylic acids is 1. The molecule has 1 aliphatic carbocycles. The van der Waals surface area contributed by atoms with E-state index in [9.17, 15) is 76.0 Å². The standard InChI is InChI=1S/C40H44O23/c41-11-24-27(46)30(49)33(52)38(61-24)57-16-4-1-14(2-5-16)37(55)56-13-26-29(48)32(51)34(53)39(63-26)58-17-8-20(44)18-10-23(60-40-35(54)31(50)28(47)25(12-42)62-40)36(59-22(18)9-17)15-3-6-19(43)21(45)7-15/h1-10,24-35,38-43,45-54H,11-13H2/t24-,25-,26-,27-,28-,29-,30+,31+,32+,33-,34-,35-,38-,39-,40-/m1/s1. The van der Waals surface area contributed by atoms with Crippen molar-refractivity contribution < 1.29 is 109 Å². The molecular formula is C40H44O23. The summed E-state index contributed by atoms with van der Waals surface area (Å²) in [7, 11) is 0. The van der Waals surface area contributed by atoms with Gasteiger partial charge in [-0.05, 0) is 48.5 Å². The quantitative estimate of drug-likeness (QED) is 0.0479. The van der Waals surface area contributed by atoms with Crippen molar-refractivity contribution in [1.29, 1.82) is 0 Å². The average molecular weight is 893 g/mol. The van der Waals surface area contributed by atoms with E-state index in [2.05, 4.69) is 0 Å². The minimum absolute atomic E-state index is 0.0404. The Morgan fingerprint density at radius 1 is 0.556 bits per heavy atom. The maximum atomic E-state index is 13.5. The topological polar surface area (TPSA) is 375 Å². The van der Waals surface area contributed by atoms with Crippen LogP contribution in [0.3, 0.4) is 0 Å². The van der Waals surface area contributed by atoms with Crippen LogP contribution in [0.4, 0.5) is 0 Å². The molecule has 15 atom stereocenters. The highest BCUT2D eigenvalue weighted by atomic mass is 16.7. The Morgan fingerprint density at radius 2 is 1.08 bits per heavy atom. The fourth-order valence-corrected chi connectivity index (χ4v) is 6.97. The second-order valence-electron chi connectivity index (χ2n) is 14.9. The Labute approximate surface area is 354 Å². The summed E-state index contributed by atoms with van der Waals surface area (Å²) in [5, 5.41) is 133. The Morgan fingerprint density at radius 3 is 1.63 bits per heavy atom. The molecule has 23 nitrogen and oxygen atoms in total. The predicted octanol–water partition coefficient (Wildman–Crippen LogP) is -3.78. The maximum Gasteiger partial charge on any atom is 0.338 e. The SMILES string of the molecule is O=C(OC[C@H]1O[C@@H](Oc2cc3oc(-c4ccc(O)c(O)c4)c(O[C@@H]4O[C@H](CO)[C@@H](O)[C@H](O)[C@H]4O)cc-3c(=O)c2)[C@H](O)[C@@H](O)[C@@H]1O)c1ccc(O[C@@H]2O[C@H](CO)[C@@H](O)[C@H](O)[C@H]2O)cc1. The van der Waals surface area contributed by atoms with E-state index in [1.54, 1.807) is 0 Å². The van der Waals surface area contributed by atoms with Crippen LogP contribution in [-0.2, 0) is 18.9 Å². The van der Waals surface area contributed by atoms with E-state index in [4.69, 9.17) is 37.6 Å². The van der Waals surface area contributed by atoms with E-state index in [0.717, 1.165) is 24.3 Å². The molecule has 4 aliphatic heterocycles. The number of aromatic hydroxyl groups is 2.